The van der Waals surface area contributed by atoms with Gasteiger partial charge in [-0.25, -0.2) is 0 Å². The van der Waals surface area contributed by atoms with Crippen molar-refractivity contribution >= 4 is 0 Å². The van der Waals surface area contributed by atoms with Crippen LogP contribution in [-0.2, 0) is 16.7 Å². The molecule has 2 heterocycles. The highest BCUT2D eigenvalue weighted by molar-refractivity contribution is 5.63. The van der Waals surface area contributed by atoms with E-state index in [4.69, 9.17) is 9.72 Å². The minimum absolute atomic E-state index is 0.0831. The first kappa shape index (κ1) is 21.4. The fourth-order valence-electron chi connectivity index (χ4n) is 5.85. The van der Waals surface area contributed by atoms with Crippen molar-refractivity contribution in [2.45, 2.75) is 62.5 Å². The van der Waals surface area contributed by atoms with Gasteiger partial charge in [-0.2, -0.15) is 0 Å². The Morgan fingerprint density at radius 1 is 0.844 bits per heavy atom. The predicted octanol–water partition coefficient (Wildman–Crippen LogP) is 6.29. The van der Waals surface area contributed by atoms with Gasteiger partial charge in [0, 0.05) is 30.5 Å². The lowest BCUT2D eigenvalue weighted by Gasteiger charge is -2.46. The van der Waals surface area contributed by atoms with Crippen molar-refractivity contribution < 1.29 is 4.74 Å². The largest absolute Gasteiger partial charge is 0.375 e. The molecule has 5 rings (SSSR count). The summed E-state index contributed by atoms with van der Waals surface area (Å²) in [5, 5.41) is 3.73. The van der Waals surface area contributed by atoms with Crippen LogP contribution in [-0.4, -0.2) is 23.7 Å². The second-order valence-electron chi connectivity index (χ2n) is 9.65. The Balaban J connectivity index is 1.26. The second kappa shape index (κ2) is 9.56. The zero-order valence-corrected chi connectivity index (χ0v) is 18.9. The van der Waals surface area contributed by atoms with Gasteiger partial charge in [-0.15, -0.1) is 0 Å². The first-order chi connectivity index (χ1) is 15.8. The molecule has 3 aromatic rings. The fourth-order valence-corrected chi connectivity index (χ4v) is 5.85. The van der Waals surface area contributed by atoms with Gasteiger partial charge in [-0.3, -0.25) is 4.98 Å². The van der Waals surface area contributed by atoms with E-state index in [0.29, 0.717) is 0 Å². The molecule has 0 unspecified atom stereocenters. The van der Waals surface area contributed by atoms with Crippen molar-refractivity contribution in [3.8, 4) is 11.1 Å². The van der Waals surface area contributed by atoms with E-state index >= 15 is 0 Å². The number of benzene rings is 2. The van der Waals surface area contributed by atoms with Crippen LogP contribution in [0.3, 0.4) is 0 Å². The maximum atomic E-state index is 6.39. The van der Waals surface area contributed by atoms with E-state index in [9.17, 15) is 0 Å². The highest BCUT2D eigenvalue weighted by Crippen LogP contribution is 2.49. The number of pyridine rings is 1. The summed E-state index contributed by atoms with van der Waals surface area (Å²) in [5.74, 6) is 0. The molecule has 32 heavy (non-hydrogen) atoms. The zero-order chi connectivity index (χ0) is 21.7. The third-order valence-corrected chi connectivity index (χ3v) is 7.52. The Labute approximate surface area is 192 Å². The summed E-state index contributed by atoms with van der Waals surface area (Å²) in [4.78, 5) is 4.83. The average molecular weight is 427 g/mol. The number of ether oxygens (including phenoxy) is 1. The molecule has 2 aromatic carbocycles. The molecule has 3 nitrogen and oxygen atoms in total. The number of hydrogen-bond acceptors (Lipinski definition) is 3. The smallest absolute Gasteiger partial charge is 0.0691 e. The molecule has 1 atom stereocenters. The maximum Gasteiger partial charge on any atom is 0.0691 e. The SMILES string of the molecule is c1ccc(-c2cccc(CNCC[C@@]3(c4ccccn4)CCOC4(CCCC4)C3)c2)cc1. The van der Waals surface area contributed by atoms with Crippen molar-refractivity contribution in [2.24, 2.45) is 0 Å². The van der Waals surface area contributed by atoms with Crippen LogP contribution in [0.25, 0.3) is 11.1 Å². The van der Waals surface area contributed by atoms with E-state index in [1.54, 1.807) is 0 Å². The molecule has 166 valence electrons. The molecule has 3 heteroatoms. The van der Waals surface area contributed by atoms with E-state index in [1.165, 1.54) is 48.1 Å². The van der Waals surface area contributed by atoms with Crippen molar-refractivity contribution in [3.05, 3.63) is 90.3 Å². The predicted molar refractivity (Wildman–Crippen MR) is 131 cm³/mol. The summed E-state index contributed by atoms with van der Waals surface area (Å²) in [6, 6.07) is 25.9. The van der Waals surface area contributed by atoms with Gasteiger partial charge in [0.25, 0.3) is 0 Å². The zero-order valence-electron chi connectivity index (χ0n) is 18.9. The molecule has 2 fully saturated rings. The Bertz CT molecular complexity index is 998. The van der Waals surface area contributed by atoms with Gasteiger partial charge in [0.1, 0.15) is 0 Å². The standard InChI is InChI=1S/C29H34N2O/c1-2-10-25(11-3-1)26-12-8-9-24(21-26)22-30-19-16-28(27-13-4-7-18-31-27)17-20-32-29(23-28)14-5-6-15-29/h1-4,7-13,18,21,30H,5-6,14-17,19-20,22-23H2/t28-/m1/s1. The molecule has 1 N–H and O–H groups in total. The van der Waals surface area contributed by atoms with Crippen LogP contribution < -0.4 is 5.32 Å². The molecule has 0 bridgehead atoms. The highest BCUT2D eigenvalue weighted by Gasteiger charge is 2.48. The Kier molecular flexibility index (Phi) is 6.38. The Morgan fingerprint density at radius 2 is 1.66 bits per heavy atom. The average Bonchev–Trinajstić information content (AvgIpc) is 3.30. The summed E-state index contributed by atoms with van der Waals surface area (Å²) in [6.45, 7) is 2.73. The third-order valence-electron chi connectivity index (χ3n) is 7.52. The number of rotatable bonds is 7. The lowest BCUT2D eigenvalue weighted by Crippen LogP contribution is -2.47. The first-order valence-electron chi connectivity index (χ1n) is 12.2. The van der Waals surface area contributed by atoms with Gasteiger partial charge in [0.05, 0.1) is 5.60 Å². The van der Waals surface area contributed by atoms with Crippen molar-refractivity contribution in [1.82, 2.24) is 10.3 Å². The highest BCUT2D eigenvalue weighted by atomic mass is 16.5. The van der Waals surface area contributed by atoms with Crippen LogP contribution in [0.4, 0.5) is 0 Å². The van der Waals surface area contributed by atoms with Crippen molar-refractivity contribution in [2.75, 3.05) is 13.2 Å². The topological polar surface area (TPSA) is 34.2 Å². The van der Waals surface area contributed by atoms with Crippen LogP contribution in [0.5, 0.6) is 0 Å². The summed E-state index contributed by atoms with van der Waals surface area (Å²) in [6.07, 6.45) is 10.3. The third kappa shape index (κ3) is 4.65. The molecule has 1 aliphatic heterocycles. The molecule has 1 aliphatic carbocycles. The lowest BCUT2D eigenvalue weighted by atomic mass is 9.68. The number of aromatic nitrogens is 1. The van der Waals surface area contributed by atoms with Gasteiger partial charge in [0.15, 0.2) is 0 Å². The number of hydrogen-bond donors (Lipinski definition) is 1. The van der Waals surface area contributed by atoms with E-state index < -0.39 is 0 Å². The van der Waals surface area contributed by atoms with E-state index in [-0.39, 0.29) is 11.0 Å². The van der Waals surface area contributed by atoms with E-state index in [0.717, 1.165) is 39.0 Å². The maximum absolute atomic E-state index is 6.39. The number of nitrogens with one attached hydrogen (secondary N) is 1. The van der Waals surface area contributed by atoms with Gasteiger partial charge < -0.3 is 10.1 Å². The van der Waals surface area contributed by atoms with Gasteiger partial charge in [-0.05, 0) is 73.5 Å². The fraction of sp³-hybridized carbons (Fsp3) is 0.414. The number of nitrogens with zero attached hydrogens (tertiary/aromatic N) is 1. The van der Waals surface area contributed by atoms with Gasteiger partial charge in [-0.1, -0.05) is 67.4 Å². The normalized spacial score (nSPS) is 22.2. The molecule has 1 aromatic heterocycles. The summed E-state index contributed by atoms with van der Waals surface area (Å²) in [5.41, 5.74) is 5.33. The van der Waals surface area contributed by atoms with Crippen LogP contribution >= 0.6 is 0 Å². The summed E-state index contributed by atoms with van der Waals surface area (Å²) < 4.78 is 6.39. The molecule has 0 radical (unpaired) electrons. The van der Waals surface area contributed by atoms with Crippen LogP contribution in [0.15, 0.2) is 79.0 Å². The Morgan fingerprint density at radius 3 is 2.47 bits per heavy atom. The van der Waals surface area contributed by atoms with Crippen LogP contribution in [0, 0.1) is 0 Å². The van der Waals surface area contributed by atoms with E-state index in [2.05, 4.69) is 72.0 Å². The lowest BCUT2D eigenvalue weighted by molar-refractivity contribution is -0.104. The van der Waals surface area contributed by atoms with Gasteiger partial charge >= 0.3 is 0 Å². The summed E-state index contributed by atoms with van der Waals surface area (Å²) in [7, 11) is 0. The Hall–Kier alpha value is -2.49. The first-order valence-corrected chi connectivity index (χ1v) is 12.2. The quantitative estimate of drug-likeness (QED) is 0.451. The monoisotopic (exact) mass is 426 g/mol. The van der Waals surface area contributed by atoms with Crippen molar-refractivity contribution in [1.29, 1.82) is 0 Å². The molecular weight excluding hydrogens is 392 g/mol. The molecule has 1 spiro atoms. The summed E-state index contributed by atoms with van der Waals surface area (Å²) >= 11 is 0. The molecular formula is C29H34N2O. The van der Waals surface area contributed by atoms with Crippen LogP contribution in [0.2, 0.25) is 0 Å². The van der Waals surface area contributed by atoms with Crippen LogP contribution in [0.1, 0.15) is 56.2 Å². The van der Waals surface area contributed by atoms with E-state index in [1.807, 2.05) is 12.3 Å². The molecule has 1 saturated carbocycles. The molecule has 0 amide bonds. The molecule has 2 aliphatic rings. The minimum Gasteiger partial charge on any atom is -0.375 e. The van der Waals surface area contributed by atoms with Crippen molar-refractivity contribution in [3.63, 3.8) is 0 Å². The molecule has 1 saturated heterocycles. The minimum atomic E-state index is 0.0831. The second-order valence-corrected chi connectivity index (χ2v) is 9.65. The van der Waals surface area contributed by atoms with Gasteiger partial charge in [0.2, 0.25) is 0 Å².